The summed E-state index contributed by atoms with van der Waals surface area (Å²) in [5.74, 6) is 0.443. The first-order chi connectivity index (χ1) is 11.3. The van der Waals surface area contributed by atoms with Crippen LogP contribution in [0, 0.1) is 20.8 Å². The van der Waals surface area contributed by atoms with Crippen LogP contribution in [0.1, 0.15) is 52.5 Å². The molecule has 0 aliphatic heterocycles. The number of ether oxygens (including phenoxy) is 1. The van der Waals surface area contributed by atoms with Gasteiger partial charge >= 0.3 is 0 Å². The van der Waals surface area contributed by atoms with Crippen molar-refractivity contribution in [2.24, 2.45) is 0 Å². The SMILES string of the molecule is CCOc1ccc(C(=O)N[C@H](C)c2cc(C)c(C)cc2C)cc1Cl. The summed E-state index contributed by atoms with van der Waals surface area (Å²) in [6.45, 7) is 10.7. The van der Waals surface area contributed by atoms with Crippen LogP contribution in [-0.2, 0) is 0 Å². The molecule has 4 heteroatoms. The summed E-state index contributed by atoms with van der Waals surface area (Å²) < 4.78 is 5.40. The molecule has 0 spiro atoms. The second-order valence-electron chi connectivity index (χ2n) is 6.07. The zero-order chi connectivity index (χ0) is 17.9. The first kappa shape index (κ1) is 18.3. The second-order valence-corrected chi connectivity index (χ2v) is 6.47. The maximum Gasteiger partial charge on any atom is 0.251 e. The van der Waals surface area contributed by atoms with E-state index in [4.69, 9.17) is 16.3 Å². The van der Waals surface area contributed by atoms with Crippen LogP contribution in [0.2, 0.25) is 5.02 Å². The molecule has 0 saturated carbocycles. The van der Waals surface area contributed by atoms with Crippen LogP contribution < -0.4 is 10.1 Å². The van der Waals surface area contributed by atoms with Gasteiger partial charge in [-0.2, -0.15) is 0 Å². The molecule has 0 bridgehead atoms. The zero-order valence-electron chi connectivity index (χ0n) is 14.9. The van der Waals surface area contributed by atoms with Crippen molar-refractivity contribution in [1.82, 2.24) is 5.32 Å². The van der Waals surface area contributed by atoms with Gasteiger partial charge in [0, 0.05) is 5.56 Å². The standard InChI is InChI=1S/C20H24ClNO2/c1-6-24-19-8-7-16(11-18(19)21)20(23)22-15(5)17-10-13(3)12(2)9-14(17)4/h7-11,15H,6H2,1-5H3,(H,22,23)/t15-/m1/s1. The Hall–Kier alpha value is -2.00. The van der Waals surface area contributed by atoms with Crippen LogP contribution in [-0.4, -0.2) is 12.5 Å². The number of hydrogen-bond donors (Lipinski definition) is 1. The number of halogens is 1. The maximum absolute atomic E-state index is 12.5. The number of benzene rings is 2. The van der Waals surface area contributed by atoms with Gasteiger partial charge in [-0.25, -0.2) is 0 Å². The predicted molar refractivity (Wildman–Crippen MR) is 99.2 cm³/mol. The lowest BCUT2D eigenvalue weighted by Crippen LogP contribution is -2.27. The van der Waals surface area contributed by atoms with Gasteiger partial charge in [0.1, 0.15) is 5.75 Å². The number of carbonyl (C=O) groups excluding carboxylic acids is 1. The van der Waals surface area contributed by atoms with Crippen LogP contribution in [0.5, 0.6) is 5.75 Å². The molecule has 0 unspecified atom stereocenters. The van der Waals surface area contributed by atoms with Gasteiger partial charge in [-0.15, -0.1) is 0 Å². The van der Waals surface area contributed by atoms with Gasteiger partial charge in [-0.05, 0) is 75.1 Å². The lowest BCUT2D eigenvalue weighted by molar-refractivity contribution is 0.0940. The van der Waals surface area contributed by atoms with E-state index >= 15 is 0 Å². The fourth-order valence-corrected chi connectivity index (χ4v) is 2.96. The average Bonchev–Trinajstić information content (AvgIpc) is 2.52. The normalized spacial score (nSPS) is 11.9. The van der Waals surface area contributed by atoms with Gasteiger partial charge in [0.2, 0.25) is 0 Å². The molecule has 0 aliphatic carbocycles. The molecular formula is C20H24ClNO2. The third-order valence-corrected chi connectivity index (χ3v) is 4.49. The van der Waals surface area contributed by atoms with Crippen molar-refractivity contribution in [2.75, 3.05) is 6.61 Å². The monoisotopic (exact) mass is 345 g/mol. The highest BCUT2D eigenvalue weighted by atomic mass is 35.5. The minimum atomic E-state index is -0.148. The fraction of sp³-hybridized carbons (Fsp3) is 0.350. The highest BCUT2D eigenvalue weighted by Gasteiger charge is 2.15. The quantitative estimate of drug-likeness (QED) is 0.813. The third kappa shape index (κ3) is 4.09. The van der Waals surface area contributed by atoms with Crippen LogP contribution in [0.25, 0.3) is 0 Å². The summed E-state index contributed by atoms with van der Waals surface area (Å²) in [4.78, 5) is 12.5. The van der Waals surface area contributed by atoms with Gasteiger partial charge < -0.3 is 10.1 Å². The molecule has 0 fully saturated rings. The Morgan fingerprint density at radius 1 is 1.12 bits per heavy atom. The van der Waals surface area contributed by atoms with Crippen molar-refractivity contribution in [1.29, 1.82) is 0 Å². The predicted octanol–water partition coefficient (Wildman–Crippen LogP) is 5.15. The molecule has 0 radical (unpaired) electrons. The highest BCUT2D eigenvalue weighted by Crippen LogP contribution is 2.26. The lowest BCUT2D eigenvalue weighted by atomic mass is 9.96. The van der Waals surface area contributed by atoms with Crippen LogP contribution in [0.15, 0.2) is 30.3 Å². The van der Waals surface area contributed by atoms with E-state index in [0.717, 1.165) is 5.56 Å². The third-order valence-electron chi connectivity index (χ3n) is 4.19. The maximum atomic E-state index is 12.5. The van der Waals surface area contributed by atoms with Gasteiger partial charge in [-0.3, -0.25) is 4.79 Å². The topological polar surface area (TPSA) is 38.3 Å². The van der Waals surface area contributed by atoms with Gasteiger partial charge in [-0.1, -0.05) is 23.7 Å². The Labute approximate surface area is 149 Å². The van der Waals surface area contributed by atoms with E-state index < -0.39 is 0 Å². The molecule has 1 amide bonds. The number of hydrogen-bond acceptors (Lipinski definition) is 2. The Morgan fingerprint density at radius 3 is 2.42 bits per heavy atom. The molecule has 3 nitrogen and oxygen atoms in total. The fourth-order valence-electron chi connectivity index (χ4n) is 2.72. The minimum Gasteiger partial charge on any atom is -0.492 e. The molecule has 0 aliphatic rings. The molecule has 2 aromatic rings. The molecule has 1 atom stereocenters. The smallest absolute Gasteiger partial charge is 0.251 e. The number of amides is 1. The van der Waals surface area contributed by atoms with Gasteiger partial charge in [0.05, 0.1) is 17.7 Å². The van der Waals surface area contributed by atoms with Crippen molar-refractivity contribution in [3.05, 3.63) is 63.2 Å². The first-order valence-corrected chi connectivity index (χ1v) is 8.52. The van der Waals surface area contributed by atoms with Gasteiger partial charge in [0.15, 0.2) is 0 Å². The van der Waals surface area contributed by atoms with Crippen molar-refractivity contribution in [3.63, 3.8) is 0 Å². The molecule has 0 saturated heterocycles. The van der Waals surface area contributed by atoms with E-state index in [0.29, 0.717) is 22.9 Å². The number of rotatable bonds is 5. The summed E-state index contributed by atoms with van der Waals surface area (Å²) >= 11 is 6.16. The molecule has 128 valence electrons. The summed E-state index contributed by atoms with van der Waals surface area (Å²) in [6.07, 6.45) is 0. The lowest BCUT2D eigenvalue weighted by Gasteiger charge is -2.19. The van der Waals surface area contributed by atoms with E-state index in [-0.39, 0.29) is 11.9 Å². The van der Waals surface area contributed by atoms with Crippen molar-refractivity contribution in [2.45, 2.75) is 40.7 Å². The van der Waals surface area contributed by atoms with Crippen LogP contribution in [0.3, 0.4) is 0 Å². The Kier molecular flexibility index (Phi) is 5.89. The Morgan fingerprint density at radius 2 is 1.79 bits per heavy atom. The molecule has 0 heterocycles. The number of aryl methyl sites for hydroxylation is 3. The largest absolute Gasteiger partial charge is 0.492 e. The molecule has 2 aromatic carbocycles. The van der Waals surface area contributed by atoms with E-state index in [9.17, 15) is 4.79 Å². The summed E-state index contributed by atoms with van der Waals surface area (Å²) in [6, 6.07) is 9.31. The van der Waals surface area contributed by atoms with Crippen molar-refractivity contribution < 1.29 is 9.53 Å². The average molecular weight is 346 g/mol. The molecular weight excluding hydrogens is 322 g/mol. The zero-order valence-corrected chi connectivity index (χ0v) is 15.6. The van der Waals surface area contributed by atoms with Gasteiger partial charge in [0.25, 0.3) is 5.91 Å². The molecule has 0 aromatic heterocycles. The van der Waals surface area contributed by atoms with Crippen LogP contribution in [0.4, 0.5) is 0 Å². The number of nitrogens with one attached hydrogen (secondary N) is 1. The first-order valence-electron chi connectivity index (χ1n) is 8.14. The molecule has 1 N–H and O–H groups in total. The summed E-state index contributed by atoms with van der Waals surface area (Å²) in [5, 5.41) is 3.48. The van der Waals surface area contributed by atoms with E-state index in [1.807, 2.05) is 13.8 Å². The summed E-state index contributed by atoms with van der Waals surface area (Å²) in [7, 11) is 0. The molecule has 24 heavy (non-hydrogen) atoms. The highest BCUT2D eigenvalue weighted by molar-refractivity contribution is 6.32. The van der Waals surface area contributed by atoms with Crippen molar-refractivity contribution in [3.8, 4) is 5.75 Å². The minimum absolute atomic E-state index is 0.0813. The van der Waals surface area contributed by atoms with E-state index in [1.165, 1.54) is 16.7 Å². The summed E-state index contributed by atoms with van der Waals surface area (Å²) in [5.41, 5.74) is 5.31. The van der Waals surface area contributed by atoms with E-state index in [1.54, 1.807) is 18.2 Å². The Balaban J connectivity index is 2.17. The van der Waals surface area contributed by atoms with Crippen LogP contribution >= 0.6 is 11.6 Å². The van der Waals surface area contributed by atoms with E-state index in [2.05, 4.69) is 38.2 Å². The second kappa shape index (κ2) is 7.71. The number of carbonyl (C=O) groups is 1. The molecule has 2 rings (SSSR count). The van der Waals surface area contributed by atoms with Crippen molar-refractivity contribution >= 4 is 17.5 Å². The Bertz CT molecular complexity index is 756.